The van der Waals surface area contributed by atoms with E-state index in [1.165, 1.54) is 5.56 Å². The van der Waals surface area contributed by atoms with Gasteiger partial charge in [-0.1, -0.05) is 24.0 Å². The molecule has 4 heteroatoms. The highest BCUT2D eigenvalue weighted by molar-refractivity contribution is 5.37. The quantitative estimate of drug-likeness (QED) is 0.792. The summed E-state index contributed by atoms with van der Waals surface area (Å²) in [6, 6.07) is 8.67. The van der Waals surface area contributed by atoms with Gasteiger partial charge in [-0.3, -0.25) is 4.90 Å². The minimum Gasteiger partial charge on any atom is -0.392 e. The summed E-state index contributed by atoms with van der Waals surface area (Å²) < 4.78 is 0. The number of likely N-dealkylation sites (N-methyl/N-ethyl adjacent to an activating group) is 1. The molecule has 2 rings (SSSR count). The minimum atomic E-state index is -0.213. The minimum absolute atomic E-state index is 0.213. The number of hydrogen-bond acceptors (Lipinski definition) is 4. The molecular weight excluding hydrogens is 262 g/mol. The van der Waals surface area contributed by atoms with Gasteiger partial charge in [0.2, 0.25) is 0 Å². The van der Waals surface area contributed by atoms with E-state index in [2.05, 4.69) is 47.9 Å². The van der Waals surface area contributed by atoms with Crippen molar-refractivity contribution < 1.29 is 5.11 Å². The van der Waals surface area contributed by atoms with Gasteiger partial charge in [0, 0.05) is 31.2 Å². The van der Waals surface area contributed by atoms with Crippen LogP contribution in [0.3, 0.4) is 0 Å². The molecule has 0 bridgehead atoms. The first-order valence-corrected chi connectivity index (χ1v) is 7.43. The van der Waals surface area contributed by atoms with Crippen LogP contribution in [0.4, 0.5) is 0 Å². The Bertz CT molecular complexity index is 518. The number of benzene rings is 1. The lowest BCUT2D eigenvalue weighted by atomic mass is 10.1. The second kappa shape index (κ2) is 7.58. The molecule has 2 unspecified atom stereocenters. The molecule has 3 N–H and O–H groups in total. The lowest BCUT2D eigenvalue weighted by Crippen LogP contribution is -2.37. The zero-order valence-corrected chi connectivity index (χ0v) is 12.9. The standard InChI is InChI=1S/C17H25N3O/c1-19(2)12-16-10-17(21)13-20(16)11-15-6-3-5-14(9-15)7-4-8-18/h3,5-6,9,16-17,21H,8,10-13,18H2,1-2H3. The molecule has 0 aliphatic carbocycles. The van der Waals surface area contributed by atoms with Crippen molar-refractivity contribution in [1.82, 2.24) is 9.80 Å². The summed E-state index contributed by atoms with van der Waals surface area (Å²) in [5, 5.41) is 9.94. The maximum atomic E-state index is 9.94. The van der Waals surface area contributed by atoms with E-state index in [9.17, 15) is 5.11 Å². The highest BCUT2D eigenvalue weighted by Crippen LogP contribution is 2.21. The predicted octanol–water partition coefficient (Wildman–Crippen LogP) is 0.494. The first-order chi connectivity index (χ1) is 10.1. The second-order valence-corrected chi connectivity index (χ2v) is 5.94. The van der Waals surface area contributed by atoms with Gasteiger partial charge in [-0.05, 0) is 38.2 Å². The lowest BCUT2D eigenvalue weighted by Gasteiger charge is -2.26. The Hall–Kier alpha value is -1.38. The van der Waals surface area contributed by atoms with Gasteiger partial charge in [0.1, 0.15) is 0 Å². The van der Waals surface area contributed by atoms with Crippen LogP contribution in [0.2, 0.25) is 0 Å². The molecule has 1 aliphatic heterocycles. The van der Waals surface area contributed by atoms with E-state index >= 15 is 0 Å². The van der Waals surface area contributed by atoms with E-state index in [0.29, 0.717) is 12.6 Å². The van der Waals surface area contributed by atoms with Gasteiger partial charge in [-0.15, -0.1) is 0 Å². The zero-order valence-electron chi connectivity index (χ0n) is 12.9. The van der Waals surface area contributed by atoms with Crippen LogP contribution in [0.15, 0.2) is 24.3 Å². The van der Waals surface area contributed by atoms with Crippen LogP contribution >= 0.6 is 0 Å². The highest BCUT2D eigenvalue weighted by atomic mass is 16.3. The summed E-state index contributed by atoms with van der Waals surface area (Å²) in [5.41, 5.74) is 7.65. The Balaban J connectivity index is 2.05. The van der Waals surface area contributed by atoms with Crippen LogP contribution in [-0.2, 0) is 6.54 Å². The van der Waals surface area contributed by atoms with Gasteiger partial charge in [0.25, 0.3) is 0 Å². The molecule has 0 spiro atoms. The van der Waals surface area contributed by atoms with Crippen LogP contribution < -0.4 is 5.73 Å². The fraction of sp³-hybridized carbons (Fsp3) is 0.529. The molecule has 0 radical (unpaired) electrons. The van der Waals surface area contributed by atoms with Crippen molar-refractivity contribution in [2.45, 2.75) is 25.1 Å². The molecule has 2 atom stereocenters. The SMILES string of the molecule is CN(C)CC1CC(O)CN1Cc1cccc(C#CCN)c1. The lowest BCUT2D eigenvalue weighted by molar-refractivity contribution is 0.169. The highest BCUT2D eigenvalue weighted by Gasteiger charge is 2.30. The second-order valence-electron chi connectivity index (χ2n) is 5.94. The van der Waals surface area contributed by atoms with Crippen molar-refractivity contribution >= 4 is 0 Å². The molecule has 4 nitrogen and oxygen atoms in total. The smallest absolute Gasteiger partial charge is 0.0682 e. The van der Waals surface area contributed by atoms with Crippen LogP contribution in [-0.4, -0.2) is 60.8 Å². The van der Waals surface area contributed by atoms with Gasteiger partial charge in [-0.25, -0.2) is 0 Å². The number of rotatable bonds is 4. The average Bonchev–Trinajstić information content (AvgIpc) is 2.76. The summed E-state index contributed by atoms with van der Waals surface area (Å²) in [7, 11) is 4.15. The Labute approximate surface area is 127 Å². The summed E-state index contributed by atoms with van der Waals surface area (Å²) >= 11 is 0. The monoisotopic (exact) mass is 287 g/mol. The van der Waals surface area contributed by atoms with E-state index < -0.39 is 0 Å². The van der Waals surface area contributed by atoms with Crippen LogP contribution in [0.1, 0.15) is 17.5 Å². The van der Waals surface area contributed by atoms with Gasteiger partial charge in [-0.2, -0.15) is 0 Å². The Kier molecular flexibility index (Phi) is 5.77. The molecule has 21 heavy (non-hydrogen) atoms. The molecule has 114 valence electrons. The molecule has 1 aliphatic rings. The van der Waals surface area contributed by atoms with Crippen molar-refractivity contribution in [1.29, 1.82) is 0 Å². The summed E-state index contributed by atoms with van der Waals surface area (Å²) in [6.45, 7) is 2.96. The molecule has 1 saturated heterocycles. The molecule has 1 heterocycles. The average molecular weight is 287 g/mol. The molecule has 0 aromatic heterocycles. The molecular formula is C17H25N3O. The normalized spacial score (nSPS) is 22.3. The van der Waals surface area contributed by atoms with Crippen molar-refractivity contribution in [2.24, 2.45) is 5.73 Å². The fourth-order valence-corrected chi connectivity index (χ4v) is 2.90. The molecule has 1 aromatic carbocycles. The van der Waals surface area contributed by atoms with Gasteiger partial charge < -0.3 is 15.7 Å². The van der Waals surface area contributed by atoms with Crippen molar-refractivity contribution in [3.63, 3.8) is 0 Å². The van der Waals surface area contributed by atoms with Gasteiger partial charge in [0.05, 0.1) is 12.6 Å². The van der Waals surface area contributed by atoms with Gasteiger partial charge >= 0.3 is 0 Å². The fourth-order valence-electron chi connectivity index (χ4n) is 2.90. The van der Waals surface area contributed by atoms with E-state index in [1.807, 2.05) is 12.1 Å². The molecule has 1 aromatic rings. The zero-order chi connectivity index (χ0) is 15.2. The van der Waals surface area contributed by atoms with Crippen LogP contribution in [0.5, 0.6) is 0 Å². The number of hydrogen-bond donors (Lipinski definition) is 2. The Morgan fingerprint density at radius 2 is 2.24 bits per heavy atom. The Morgan fingerprint density at radius 1 is 1.43 bits per heavy atom. The third-order valence-electron chi connectivity index (χ3n) is 3.73. The molecule has 0 saturated carbocycles. The number of likely N-dealkylation sites (tertiary alicyclic amines) is 1. The maximum absolute atomic E-state index is 9.94. The first kappa shape index (κ1) is 16.0. The van der Waals surface area contributed by atoms with Gasteiger partial charge in [0.15, 0.2) is 0 Å². The first-order valence-electron chi connectivity index (χ1n) is 7.43. The third kappa shape index (κ3) is 4.83. The number of nitrogens with zero attached hydrogens (tertiary/aromatic N) is 2. The van der Waals surface area contributed by atoms with Crippen LogP contribution in [0.25, 0.3) is 0 Å². The van der Waals surface area contributed by atoms with E-state index in [-0.39, 0.29) is 6.10 Å². The largest absolute Gasteiger partial charge is 0.392 e. The number of nitrogens with two attached hydrogens (primary N) is 1. The Morgan fingerprint density at radius 3 is 2.95 bits per heavy atom. The van der Waals surface area contributed by atoms with Crippen LogP contribution in [0, 0.1) is 11.8 Å². The maximum Gasteiger partial charge on any atom is 0.0682 e. The van der Waals surface area contributed by atoms with E-state index in [1.54, 1.807) is 0 Å². The number of aliphatic hydroxyl groups is 1. The van der Waals surface area contributed by atoms with E-state index in [0.717, 1.165) is 31.6 Å². The van der Waals surface area contributed by atoms with Crippen molar-refractivity contribution in [3.8, 4) is 11.8 Å². The number of aliphatic hydroxyl groups excluding tert-OH is 1. The summed E-state index contributed by atoms with van der Waals surface area (Å²) in [6.07, 6.45) is 0.639. The molecule has 1 fully saturated rings. The summed E-state index contributed by atoms with van der Waals surface area (Å²) in [5.74, 6) is 5.96. The predicted molar refractivity (Wildman–Crippen MR) is 85.8 cm³/mol. The topological polar surface area (TPSA) is 52.7 Å². The summed E-state index contributed by atoms with van der Waals surface area (Å²) in [4.78, 5) is 4.54. The number of β-amino-alcohol motifs (C(OH)–C–C–N with tert-alkyl or cyclic N) is 1. The van der Waals surface area contributed by atoms with Crippen molar-refractivity contribution in [3.05, 3.63) is 35.4 Å². The molecule has 0 amide bonds. The van der Waals surface area contributed by atoms with Crippen molar-refractivity contribution in [2.75, 3.05) is 33.7 Å². The third-order valence-corrected chi connectivity index (χ3v) is 3.73. The van der Waals surface area contributed by atoms with E-state index in [4.69, 9.17) is 5.73 Å².